The second-order valence-electron chi connectivity index (χ2n) is 8.29. The van der Waals surface area contributed by atoms with Gasteiger partial charge in [0, 0.05) is 30.5 Å². The SMILES string of the molecule is C=CC(=O)N[C@H]1CCCN(S(=O)(=O)c2ccc(NC(=O)c3cc4c([nH]3)CCCC4)cc2)C1. The van der Waals surface area contributed by atoms with Crippen LogP contribution in [0.1, 0.15) is 47.4 Å². The number of aromatic amines is 1. The van der Waals surface area contributed by atoms with Gasteiger partial charge in [0.1, 0.15) is 5.69 Å². The van der Waals surface area contributed by atoms with E-state index in [1.807, 2.05) is 6.07 Å². The molecule has 2 aromatic rings. The van der Waals surface area contributed by atoms with E-state index in [2.05, 4.69) is 22.2 Å². The largest absolute Gasteiger partial charge is 0.354 e. The van der Waals surface area contributed by atoms with Gasteiger partial charge in [-0.1, -0.05) is 6.58 Å². The zero-order valence-corrected chi connectivity index (χ0v) is 18.7. The Kier molecular flexibility index (Phi) is 6.48. The van der Waals surface area contributed by atoms with Gasteiger partial charge in [-0.2, -0.15) is 4.31 Å². The van der Waals surface area contributed by atoms with Gasteiger partial charge in [0.15, 0.2) is 0 Å². The van der Waals surface area contributed by atoms with Gasteiger partial charge in [0.05, 0.1) is 4.90 Å². The Balaban J connectivity index is 1.42. The molecule has 0 unspecified atom stereocenters. The first-order chi connectivity index (χ1) is 15.4. The Bertz CT molecular complexity index is 1100. The van der Waals surface area contributed by atoms with Gasteiger partial charge in [-0.05, 0) is 80.5 Å². The maximum absolute atomic E-state index is 13.1. The van der Waals surface area contributed by atoms with E-state index in [0.717, 1.165) is 37.8 Å². The number of carbonyl (C=O) groups is 2. The van der Waals surface area contributed by atoms with Crippen molar-refractivity contribution in [3.8, 4) is 0 Å². The molecule has 1 fully saturated rings. The highest BCUT2D eigenvalue weighted by atomic mass is 32.2. The molecule has 1 atom stereocenters. The zero-order chi connectivity index (χ0) is 22.7. The average molecular weight is 457 g/mol. The van der Waals surface area contributed by atoms with Gasteiger partial charge >= 0.3 is 0 Å². The van der Waals surface area contributed by atoms with Crippen LogP contribution in [0.15, 0.2) is 47.9 Å². The van der Waals surface area contributed by atoms with E-state index < -0.39 is 10.0 Å². The fourth-order valence-electron chi connectivity index (χ4n) is 4.32. The number of aromatic nitrogens is 1. The molecule has 9 heteroatoms. The number of carbonyl (C=O) groups excluding carboxylic acids is 2. The molecule has 0 bridgehead atoms. The number of anilines is 1. The molecule has 0 radical (unpaired) electrons. The zero-order valence-electron chi connectivity index (χ0n) is 17.9. The van der Waals surface area contributed by atoms with Crippen LogP contribution in [-0.2, 0) is 27.7 Å². The van der Waals surface area contributed by atoms with E-state index in [9.17, 15) is 18.0 Å². The smallest absolute Gasteiger partial charge is 0.272 e. The summed E-state index contributed by atoms with van der Waals surface area (Å²) >= 11 is 0. The van der Waals surface area contributed by atoms with Crippen LogP contribution in [0.4, 0.5) is 5.69 Å². The number of aryl methyl sites for hydroxylation is 2. The molecule has 32 heavy (non-hydrogen) atoms. The number of rotatable bonds is 6. The summed E-state index contributed by atoms with van der Waals surface area (Å²) in [4.78, 5) is 27.5. The van der Waals surface area contributed by atoms with Crippen molar-refractivity contribution < 1.29 is 18.0 Å². The van der Waals surface area contributed by atoms with Crippen molar-refractivity contribution >= 4 is 27.5 Å². The number of nitrogens with zero attached hydrogens (tertiary/aromatic N) is 1. The second-order valence-corrected chi connectivity index (χ2v) is 10.2. The number of amides is 2. The lowest BCUT2D eigenvalue weighted by atomic mass is 9.98. The first-order valence-electron chi connectivity index (χ1n) is 10.9. The Morgan fingerprint density at radius 1 is 1.12 bits per heavy atom. The summed E-state index contributed by atoms with van der Waals surface area (Å²) in [6.07, 6.45) is 6.78. The van der Waals surface area contributed by atoms with Gasteiger partial charge in [-0.25, -0.2) is 8.42 Å². The predicted octanol–water partition coefficient (Wildman–Crippen LogP) is 2.60. The number of piperidine rings is 1. The highest BCUT2D eigenvalue weighted by Gasteiger charge is 2.30. The summed E-state index contributed by atoms with van der Waals surface area (Å²) in [5, 5.41) is 5.60. The maximum Gasteiger partial charge on any atom is 0.272 e. The van der Waals surface area contributed by atoms with Crippen molar-refractivity contribution in [3.05, 3.63) is 59.9 Å². The van der Waals surface area contributed by atoms with Gasteiger partial charge < -0.3 is 15.6 Å². The molecule has 1 aromatic heterocycles. The number of fused-ring (bicyclic) bond motifs is 1. The van der Waals surface area contributed by atoms with Crippen molar-refractivity contribution in [1.29, 1.82) is 0 Å². The quantitative estimate of drug-likeness (QED) is 0.580. The van der Waals surface area contributed by atoms with Gasteiger partial charge in [0.25, 0.3) is 5.91 Å². The monoisotopic (exact) mass is 456 g/mol. The van der Waals surface area contributed by atoms with Crippen LogP contribution in [0.5, 0.6) is 0 Å². The number of H-pyrrole nitrogens is 1. The molecule has 2 amide bonds. The van der Waals surface area contributed by atoms with Gasteiger partial charge in [-0.3, -0.25) is 9.59 Å². The van der Waals surface area contributed by atoms with Crippen LogP contribution < -0.4 is 10.6 Å². The fraction of sp³-hybridized carbons (Fsp3) is 0.391. The van der Waals surface area contributed by atoms with E-state index in [1.54, 1.807) is 12.1 Å². The summed E-state index contributed by atoms with van der Waals surface area (Å²) in [5.74, 6) is -0.552. The standard InChI is InChI=1S/C23H28N4O4S/c1-2-22(28)24-18-7-5-13-27(15-18)32(30,31)19-11-9-17(10-12-19)25-23(29)21-14-16-6-3-4-8-20(16)26-21/h2,9-12,14,18,26H,1,3-8,13,15H2,(H,24,28)(H,25,29)/t18-/m0/s1. The number of hydrogen-bond donors (Lipinski definition) is 3. The summed E-state index contributed by atoms with van der Waals surface area (Å²) in [7, 11) is -3.70. The Morgan fingerprint density at radius 2 is 1.88 bits per heavy atom. The second kappa shape index (κ2) is 9.30. The normalized spacial score (nSPS) is 19.1. The number of benzene rings is 1. The molecule has 0 spiro atoms. The summed E-state index contributed by atoms with van der Waals surface area (Å²) in [5.41, 5.74) is 3.38. The number of nitrogens with one attached hydrogen (secondary N) is 3. The van der Waals surface area contributed by atoms with Crippen LogP contribution >= 0.6 is 0 Å². The number of sulfonamides is 1. The average Bonchev–Trinajstić information content (AvgIpc) is 3.24. The molecule has 4 rings (SSSR count). The third-order valence-corrected chi connectivity index (χ3v) is 7.90. The molecule has 2 heterocycles. The maximum atomic E-state index is 13.1. The summed E-state index contributed by atoms with van der Waals surface area (Å²) in [6.45, 7) is 4.05. The van der Waals surface area contributed by atoms with E-state index in [4.69, 9.17) is 0 Å². The molecule has 1 aromatic carbocycles. The van der Waals surface area contributed by atoms with Crippen LogP contribution in [0.2, 0.25) is 0 Å². The van der Waals surface area contributed by atoms with Crippen LogP contribution in [0.25, 0.3) is 0 Å². The van der Waals surface area contributed by atoms with E-state index >= 15 is 0 Å². The topological polar surface area (TPSA) is 111 Å². The van der Waals surface area contributed by atoms with Crippen molar-refractivity contribution in [2.75, 3.05) is 18.4 Å². The Morgan fingerprint density at radius 3 is 2.59 bits per heavy atom. The third-order valence-electron chi connectivity index (χ3n) is 6.03. The Labute approximate surface area is 188 Å². The molecule has 1 saturated heterocycles. The Hall–Kier alpha value is -2.91. The van der Waals surface area contributed by atoms with Gasteiger partial charge in [-0.15, -0.1) is 0 Å². The molecule has 170 valence electrons. The van der Waals surface area contributed by atoms with Crippen molar-refractivity contribution in [3.63, 3.8) is 0 Å². The lowest BCUT2D eigenvalue weighted by molar-refractivity contribution is -0.117. The minimum Gasteiger partial charge on any atom is -0.354 e. The molecule has 1 aliphatic carbocycles. The van der Waals surface area contributed by atoms with Crippen molar-refractivity contribution in [2.24, 2.45) is 0 Å². The first kappa shape index (κ1) is 22.3. The molecular formula is C23H28N4O4S. The van der Waals surface area contributed by atoms with E-state index in [0.29, 0.717) is 24.3 Å². The highest BCUT2D eigenvalue weighted by Crippen LogP contribution is 2.24. The summed E-state index contributed by atoms with van der Waals surface area (Å²) < 4.78 is 27.5. The molecule has 2 aliphatic rings. The van der Waals surface area contributed by atoms with Crippen LogP contribution in [0.3, 0.4) is 0 Å². The molecule has 8 nitrogen and oxygen atoms in total. The lowest BCUT2D eigenvalue weighted by Crippen LogP contribution is -2.49. The first-order valence-corrected chi connectivity index (χ1v) is 12.4. The van der Waals surface area contributed by atoms with Crippen molar-refractivity contribution in [1.82, 2.24) is 14.6 Å². The van der Waals surface area contributed by atoms with Gasteiger partial charge in [0.2, 0.25) is 15.9 Å². The minimum atomic E-state index is -3.70. The third kappa shape index (κ3) is 4.78. The van der Waals surface area contributed by atoms with Crippen molar-refractivity contribution in [2.45, 2.75) is 49.5 Å². The predicted molar refractivity (Wildman–Crippen MR) is 122 cm³/mol. The molecule has 3 N–H and O–H groups in total. The molecule has 1 aliphatic heterocycles. The molecular weight excluding hydrogens is 428 g/mol. The van der Waals surface area contributed by atoms with E-state index in [1.165, 1.54) is 28.1 Å². The number of hydrogen-bond acceptors (Lipinski definition) is 4. The fourth-order valence-corrected chi connectivity index (χ4v) is 5.85. The highest BCUT2D eigenvalue weighted by molar-refractivity contribution is 7.89. The van der Waals surface area contributed by atoms with Crippen LogP contribution in [-0.4, -0.2) is 48.7 Å². The van der Waals surface area contributed by atoms with Crippen LogP contribution in [0, 0.1) is 0 Å². The van der Waals surface area contributed by atoms with E-state index in [-0.39, 0.29) is 29.3 Å². The summed E-state index contributed by atoms with van der Waals surface area (Å²) in [6, 6.07) is 7.84. The lowest BCUT2D eigenvalue weighted by Gasteiger charge is -2.32. The molecule has 0 saturated carbocycles. The minimum absolute atomic E-state index is 0.154.